The molecule has 2 nitrogen and oxygen atoms in total. The lowest BCUT2D eigenvalue weighted by molar-refractivity contribution is 0.0977. The number of ketones is 1. The number of carbonyl (C=O) groups is 1. The van der Waals surface area contributed by atoms with E-state index >= 15 is 0 Å². The fourth-order valence-electron chi connectivity index (χ4n) is 1.03. The number of hydrogen-bond acceptors (Lipinski definition) is 1. The Morgan fingerprint density at radius 2 is 2.27 bits per heavy atom. The normalized spacial score (nSPS) is 10.0. The number of rotatable bonds is 3. The fraction of sp³-hybridized carbons (Fsp3) is 0.444. The third kappa shape index (κ3) is 1.93. The second-order valence-corrected chi connectivity index (χ2v) is 2.73. The first-order chi connectivity index (χ1) is 5.24. The van der Waals surface area contributed by atoms with Crippen molar-refractivity contribution in [1.82, 2.24) is 4.98 Å². The third-order valence-corrected chi connectivity index (χ3v) is 1.61. The van der Waals surface area contributed by atoms with E-state index in [1.54, 1.807) is 0 Å². The molecular formula is C9H13NO. The molecule has 11 heavy (non-hydrogen) atoms. The van der Waals surface area contributed by atoms with Crippen molar-refractivity contribution >= 4 is 5.78 Å². The molecule has 0 aliphatic carbocycles. The molecule has 0 spiro atoms. The van der Waals surface area contributed by atoms with Crippen molar-refractivity contribution in [2.45, 2.75) is 26.7 Å². The van der Waals surface area contributed by atoms with E-state index in [0.29, 0.717) is 6.42 Å². The summed E-state index contributed by atoms with van der Waals surface area (Å²) in [6.07, 6.45) is 1.55. The minimum Gasteiger partial charge on any atom is -0.356 e. The fourth-order valence-corrected chi connectivity index (χ4v) is 1.03. The summed E-state index contributed by atoms with van der Waals surface area (Å²) in [7, 11) is 0. The van der Waals surface area contributed by atoms with Crippen molar-refractivity contribution in [3.63, 3.8) is 0 Å². The van der Waals surface area contributed by atoms with Gasteiger partial charge in [-0.05, 0) is 25.5 Å². The van der Waals surface area contributed by atoms with Gasteiger partial charge in [-0.15, -0.1) is 0 Å². The van der Waals surface area contributed by atoms with Gasteiger partial charge in [0.15, 0.2) is 5.78 Å². The first kappa shape index (κ1) is 8.05. The number of H-pyrrole nitrogens is 1. The summed E-state index contributed by atoms with van der Waals surface area (Å²) < 4.78 is 0. The second kappa shape index (κ2) is 3.37. The molecule has 1 heterocycles. The van der Waals surface area contributed by atoms with Gasteiger partial charge < -0.3 is 4.98 Å². The van der Waals surface area contributed by atoms with E-state index in [2.05, 4.69) is 4.98 Å². The van der Waals surface area contributed by atoms with Crippen LogP contribution in [0.3, 0.4) is 0 Å². The van der Waals surface area contributed by atoms with Gasteiger partial charge >= 0.3 is 0 Å². The standard InChI is InChI=1S/C9H13NO/c1-3-4-9(11)8-6-5-7(2)10-8/h5-6,10H,3-4H2,1-2H3. The smallest absolute Gasteiger partial charge is 0.178 e. The number of nitrogens with one attached hydrogen (secondary N) is 1. The van der Waals surface area contributed by atoms with Crippen LogP contribution in [0.2, 0.25) is 0 Å². The van der Waals surface area contributed by atoms with Crippen molar-refractivity contribution in [1.29, 1.82) is 0 Å². The second-order valence-electron chi connectivity index (χ2n) is 2.73. The van der Waals surface area contributed by atoms with Crippen LogP contribution in [-0.4, -0.2) is 10.8 Å². The summed E-state index contributed by atoms with van der Waals surface area (Å²) in [6.45, 7) is 3.95. The molecule has 2 heteroatoms. The van der Waals surface area contributed by atoms with Gasteiger partial charge in [0.05, 0.1) is 5.69 Å². The van der Waals surface area contributed by atoms with Gasteiger partial charge in [0.1, 0.15) is 0 Å². The SMILES string of the molecule is CCCC(=O)c1ccc(C)[nH]1. The molecule has 0 radical (unpaired) electrons. The lowest BCUT2D eigenvalue weighted by Crippen LogP contribution is -1.97. The molecule has 1 aromatic heterocycles. The van der Waals surface area contributed by atoms with Crippen LogP contribution in [0.1, 0.15) is 35.9 Å². The van der Waals surface area contributed by atoms with Crippen LogP contribution in [0.25, 0.3) is 0 Å². The maximum absolute atomic E-state index is 11.2. The largest absolute Gasteiger partial charge is 0.356 e. The highest BCUT2D eigenvalue weighted by Gasteiger charge is 2.04. The average Bonchev–Trinajstić information content (AvgIpc) is 2.36. The Balaban J connectivity index is 2.69. The maximum Gasteiger partial charge on any atom is 0.178 e. The van der Waals surface area contributed by atoms with Crippen LogP contribution >= 0.6 is 0 Å². The molecular weight excluding hydrogens is 138 g/mol. The zero-order chi connectivity index (χ0) is 8.27. The van der Waals surface area contributed by atoms with Crippen molar-refractivity contribution in [3.8, 4) is 0 Å². The molecule has 1 N–H and O–H groups in total. The summed E-state index contributed by atoms with van der Waals surface area (Å²) in [5.74, 6) is 0.209. The molecule has 0 unspecified atom stereocenters. The van der Waals surface area contributed by atoms with Gasteiger partial charge in [-0.2, -0.15) is 0 Å². The molecule has 0 atom stereocenters. The summed E-state index contributed by atoms with van der Waals surface area (Å²) in [5, 5.41) is 0. The number of Topliss-reactive ketones (excluding diaryl/α,β-unsaturated/α-hetero) is 1. The first-order valence-corrected chi connectivity index (χ1v) is 3.93. The van der Waals surface area contributed by atoms with E-state index in [-0.39, 0.29) is 5.78 Å². The van der Waals surface area contributed by atoms with Crippen LogP contribution in [0, 0.1) is 6.92 Å². The summed E-state index contributed by atoms with van der Waals surface area (Å²) in [5.41, 5.74) is 1.79. The Hall–Kier alpha value is -1.05. The van der Waals surface area contributed by atoms with Crippen molar-refractivity contribution in [2.75, 3.05) is 0 Å². The third-order valence-electron chi connectivity index (χ3n) is 1.61. The maximum atomic E-state index is 11.2. The zero-order valence-electron chi connectivity index (χ0n) is 6.98. The van der Waals surface area contributed by atoms with E-state index in [4.69, 9.17) is 0 Å². The number of aromatic amines is 1. The topological polar surface area (TPSA) is 32.9 Å². The van der Waals surface area contributed by atoms with Crippen LogP contribution in [0.4, 0.5) is 0 Å². The molecule has 1 rings (SSSR count). The minimum atomic E-state index is 0.209. The molecule has 0 bridgehead atoms. The summed E-state index contributed by atoms with van der Waals surface area (Å²) in [4.78, 5) is 14.2. The number of aromatic nitrogens is 1. The Bertz CT molecular complexity index is 250. The van der Waals surface area contributed by atoms with E-state index in [9.17, 15) is 4.79 Å². The van der Waals surface area contributed by atoms with E-state index in [0.717, 1.165) is 17.8 Å². The van der Waals surface area contributed by atoms with E-state index < -0.39 is 0 Å². The quantitative estimate of drug-likeness (QED) is 0.660. The van der Waals surface area contributed by atoms with Gasteiger partial charge in [0.2, 0.25) is 0 Å². The van der Waals surface area contributed by atoms with Crippen LogP contribution in [-0.2, 0) is 0 Å². The predicted molar refractivity (Wildman–Crippen MR) is 44.8 cm³/mol. The highest BCUT2D eigenvalue weighted by atomic mass is 16.1. The van der Waals surface area contributed by atoms with Crippen LogP contribution in [0.15, 0.2) is 12.1 Å². The monoisotopic (exact) mass is 151 g/mol. The zero-order valence-corrected chi connectivity index (χ0v) is 6.98. The molecule has 0 saturated heterocycles. The Kier molecular flexibility index (Phi) is 2.47. The van der Waals surface area contributed by atoms with E-state index in [1.807, 2.05) is 26.0 Å². The number of hydrogen-bond donors (Lipinski definition) is 1. The molecule has 1 aromatic rings. The van der Waals surface area contributed by atoms with Crippen molar-refractivity contribution in [2.24, 2.45) is 0 Å². The first-order valence-electron chi connectivity index (χ1n) is 3.93. The molecule has 0 aromatic carbocycles. The molecule has 0 saturated carbocycles. The lowest BCUT2D eigenvalue weighted by atomic mass is 10.2. The molecule has 0 aliphatic rings. The summed E-state index contributed by atoms with van der Waals surface area (Å²) >= 11 is 0. The lowest BCUT2D eigenvalue weighted by Gasteiger charge is -1.92. The van der Waals surface area contributed by atoms with Gasteiger partial charge in [-0.3, -0.25) is 4.79 Å². The van der Waals surface area contributed by atoms with Gasteiger partial charge in [-0.25, -0.2) is 0 Å². The number of carbonyl (C=O) groups excluding carboxylic acids is 1. The highest BCUT2D eigenvalue weighted by molar-refractivity contribution is 5.94. The van der Waals surface area contributed by atoms with E-state index in [1.165, 1.54) is 0 Å². The van der Waals surface area contributed by atoms with Gasteiger partial charge in [0, 0.05) is 12.1 Å². The Labute approximate surface area is 66.6 Å². The average molecular weight is 151 g/mol. The van der Waals surface area contributed by atoms with Crippen molar-refractivity contribution in [3.05, 3.63) is 23.5 Å². The molecule has 60 valence electrons. The highest BCUT2D eigenvalue weighted by Crippen LogP contribution is 2.04. The Morgan fingerprint density at radius 1 is 1.55 bits per heavy atom. The van der Waals surface area contributed by atoms with Crippen LogP contribution in [0.5, 0.6) is 0 Å². The number of aryl methyl sites for hydroxylation is 1. The van der Waals surface area contributed by atoms with Gasteiger partial charge in [-0.1, -0.05) is 6.92 Å². The predicted octanol–water partition coefficient (Wildman–Crippen LogP) is 2.31. The van der Waals surface area contributed by atoms with Gasteiger partial charge in [0.25, 0.3) is 0 Å². The molecule has 0 aliphatic heterocycles. The minimum absolute atomic E-state index is 0.209. The Morgan fingerprint density at radius 3 is 2.73 bits per heavy atom. The van der Waals surface area contributed by atoms with Crippen LogP contribution < -0.4 is 0 Å². The molecule has 0 amide bonds. The summed E-state index contributed by atoms with van der Waals surface area (Å²) in [6, 6.07) is 3.76. The van der Waals surface area contributed by atoms with Crippen molar-refractivity contribution < 1.29 is 4.79 Å². The molecule has 0 fully saturated rings.